The van der Waals surface area contributed by atoms with Crippen molar-refractivity contribution >= 4 is 17.7 Å². The van der Waals surface area contributed by atoms with Gasteiger partial charge in [0.1, 0.15) is 0 Å². The maximum absolute atomic E-state index is 12.8. The van der Waals surface area contributed by atoms with Crippen LogP contribution in [0.2, 0.25) is 0 Å². The van der Waals surface area contributed by atoms with Gasteiger partial charge in [-0.1, -0.05) is 32.4 Å². The monoisotopic (exact) mass is 459 g/mol. The van der Waals surface area contributed by atoms with E-state index in [9.17, 15) is 9.90 Å². The Morgan fingerprint density at radius 2 is 1.94 bits per heavy atom. The molecule has 4 aliphatic carbocycles. The molecule has 0 aromatic rings. The Morgan fingerprint density at radius 1 is 1.16 bits per heavy atom. The van der Waals surface area contributed by atoms with E-state index in [4.69, 9.17) is 0 Å². The first-order valence-electron chi connectivity index (χ1n) is 13.6. The quantitative estimate of drug-likeness (QED) is 0.531. The highest BCUT2D eigenvalue weighted by molar-refractivity contribution is 7.99. The molecule has 5 aliphatic rings. The summed E-state index contributed by atoms with van der Waals surface area (Å²) in [7, 11) is 0. The number of aliphatic hydroxyl groups is 1. The molecule has 32 heavy (non-hydrogen) atoms. The van der Waals surface area contributed by atoms with E-state index in [0.29, 0.717) is 22.7 Å². The van der Waals surface area contributed by atoms with Crippen LogP contribution in [0.4, 0.5) is 0 Å². The van der Waals surface area contributed by atoms with Crippen molar-refractivity contribution in [3.05, 3.63) is 11.6 Å². The Labute approximate surface area is 200 Å². The predicted octanol–water partition coefficient (Wildman–Crippen LogP) is 5.92. The van der Waals surface area contributed by atoms with Crippen LogP contribution >= 0.6 is 11.8 Å². The first-order chi connectivity index (χ1) is 15.3. The summed E-state index contributed by atoms with van der Waals surface area (Å²) in [6.45, 7) is 9.51. The van der Waals surface area contributed by atoms with E-state index in [0.717, 1.165) is 74.0 Å². The third-order valence-corrected chi connectivity index (χ3v) is 12.0. The fourth-order valence-electron chi connectivity index (χ4n) is 9.14. The molecule has 0 aromatic heterocycles. The number of carbonyl (C=O) groups is 1. The van der Waals surface area contributed by atoms with Crippen LogP contribution in [0.1, 0.15) is 85.0 Å². The van der Waals surface area contributed by atoms with Gasteiger partial charge in [0, 0.05) is 31.0 Å². The highest BCUT2D eigenvalue weighted by Gasteiger charge is 2.59. The second-order valence-electron chi connectivity index (χ2n) is 12.4. The van der Waals surface area contributed by atoms with E-state index in [-0.39, 0.29) is 6.10 Å². The molecule has 1 N–H and O–H groups in total. The lowest BCUT2D eigenvalue weighted by atomic mass is 9.47. The Morgan fingerprint density at radius 3 is 2.72 bits per heavy atom. The molecule has 8 atom stereocenters. The van der Waals surface area contributed by atoms with Gasteiger partial charge >= 0.3 is 0 Å². The maximum Gasteiger partial charge on any atom is 0.222 e. The summed E-state index contributed by atoms with van der Waals surface area (Å²) in [5, 5.41) is 10.2. The molecule has 0 bridgehead atoms. The van der Waals surface area contributed by atoms with Crippen LogP contribution in [0, 0.1) is 40.4 Å². The van der Waals surface area contributed by atoms with Gasteiger partial charge in [0.25, 0.3) is 0 Å². The molecule has 0 radical (unpaired) electrons. The zero-order valence-corrected chi connectivity index (χ0v) is 21.5. The van der Waals surface area contributed by atoms with Gasteiger partial charge < -0.3 is 10.0 Å². The van der Waals surface area contributed by atoms with Crippen molar-refractivity contribution in [3.63, 3.8) is 0 Å². The van der Waals surface area contributed by atoms with Gasteiger partial charge in [-0.15, -0.1) is 0 Å². The van der Waals surface area contributed by atoms with E-state index in [1.807, 2.05) is 11.8 Å². The van der Waals surface area contributed by atoms with Gasteiger partial charge in [0.05, 0.1) is 6.10 Å². The topological polar surface area (TPSA) is 40.5 Å². The lowest BCUT2D eigenvalue weighted by molar-refractivity contribution is -0.131. The number of fused-ring (bicyclic) bond motifs is 5. The van der Waals surface area contributed by atoms with Crippen molar-refractivity contribution < 1.29 is 9.90 Å². The SMILES string of the molecule is CC(CCC(=O)N1CCSCC1)[C@H]1CC[C@H]2[C@@H]3CC=C4C[C@@H](O)CC[C@]4(C)[C@H]3CC[C@]12C. The Bertz CT molecular complexity index is 746. The minimum Gasteiger partial charge on any atom is -0.393 e. The molecule has 1 unspecified atom stereocenters. The van der Waals surface area contributed by atoms with E-state index >= 15 is 0 Å². The Hall–Kier alpha value is -0.480. The number of thioether (sulfide) groups is 1. The lowest BCUT2D eigenvalue weighted by Gasteiger charge is -2.58. The van der Waals surface area contributed by atoms with Crippen LogP contribution in [-0.4, -0.2) is 46.6 Å². The molecule has 5 rings (SSSR count). The molecule has 0 spiro atoms. The highest BCUT2D eigenvalue weighted by Crippen LogP contribution is 2.67. The van der Waals surface area contributed by atoms with Gasteiger partial charge in [0.15, 0.2) is 0 Å². The summed E-state index contributed by atoms with van der Waals surface area (Å²) in [5.41, 5.74) is 2.38. The van der Waals surface area contributed by atoms with E-state index in [1.54, 1.807) is 5.57 Å². The summed E-state index contributed by atoms with van der Waals surface area (Å²) in [5.74, 6) is 6.57. The molecule has 3 saturated carbocycles. The molecule has 180 valence electrons. The predicted molar refractivity (Wildman–Crippen MR) is 134 cm³/mol. The first-order valence-corrected chi connectivity index (χ1v) is 14.7. The van der Waals surface area contributed by atoms with Crippen molar-refractivity contribution in [3.8, 4) is 0 Å². The van der Waals surface area contributed by atoms with Gasteiger partial charge in [-0.25, -0.2) is 0 Å². The van der Waals surface area contributed by atoms with Crippen molar-refractivity contribution in [1.29, 1.82) is 0 Å². The van der Waals surface area contributed by atoms with Crippen LogP contribution in [0.5, 0.6) is 0 Å². The normalized spacial score (nSPS) is 44.8. The molecule has 0 aromatic carbocycles. The zero-order chi connectivity index (χ0) is 22.5. The largest absolute Gasteiger partial charge is 0.393 e. The molecule has 1 aliphatic heterocycles. The van der Waals surface area contributed by atoms with Crippen LogP contribution < -0.4 is 0 Å². The second kappa shape index (κ2) is 8.95. The molecule has 1 amide bonds. The molecular weight excluding hydrogens is 414 g/mol. The average molecular weight is 460 g/mol. The van der Waals surface area contributed by atoms with Crippen LogP contribution in [0.15, 0.2) is 11.6 Å². The number of amides is 1. The molecule has 4 fully saturated rings. The summed E-state index contributed by atoms with van der Waals surface area (Å²) in [6, 6.07) is 0. The van der Waals surface area contributed by atoms with Gasteiger partial charge in [0.2, 0.25) is 5.91 Å². The van der Waals surface area contributed by atoms with Gasteiger partial charge in [-0.3, -0.25) is 4.79 Å². The molecule has 1 saturated heterocycles. The third-order valence-electron chi connectivity index (χ3n) is 11.0. The van der Waals surface area contributed by atoms with Crippen molar-refractivity contribution in [2.24, 2.45) is 40.4 Å². The fraction of sp³-hybridized carbons (Fsp3) is 0.893. The number of carbonyl (C=O) groups excluding carboxylic acids is 1. The van der Waals surface area contributed by atoms with Crippen LogP contribution in [0.25, 0.3) is 0 Å². The van der Waals surface area contributed by atoms with Gasteiger partial charge in [-0.2, -0.15) is 11.8 Å². The maximum atomic E-state index is 12.8. The van der Waals surface area contributed by atoms with Crippen molar-refractivity contribution in [1.82, 2.24) is 4.90 Å². The Balaban J connectivity index is 1.25. The summed E-state index contributed by atoms with van der Waals surface area (Å²) >= 11 is 1.98. The average Bonchev–Trinajstić information content (AvgIpc) is 3.15. The fourth-order valence-corrected chi connectivity index (χ4v) is 10.0. The molecule has 3 nitrogen and oxygen atoms in total. The number of aliphatic hydroxyl groups excluding tert-OH is 1. The van der Waals surface area contributed by atoms with Crippen LogP contribution in [0.3, 0.4) is 0 Å². The van der Waals surface area contributed by atoms with Gasteiger partial charge in [-0.05, 0) is 98.2 Å². The number of hydrogen-bond donors (Lipinski definition) is 1. The van der Waals surface area contributed by atoms with Crippen LogP contribution in [-0.2, 0) is 4.79 Å². The summed E-state index contributed by atoms with van der Waals surface area (Å²) in [6.07, 6.45) is 14.1. The lowest BCUT2D eigenvalue weighted by Crippen LogP contribution is -2.50. The van der Waals surface area contributed by atoms with E-state index in [1.165, 1.54) is 38.5 Å². The summed E-state index contributed by atoms with van der Waals surface area (Å²) in [4.78, 5) is 14.9. The molecule has 4 heteroatoms. The van der Waals surface area contributed by atoms with E-state index in [2.05, 4.69) is 31.7 Å². The zero-order valence-electron chi connectivity index (χ0n) is 20.7. The van der Waals surface area contributed by atoms with E-state index < -0.39 is 0 Å². The second-order valence-corrected chi connectivity index (χ2v) is 13.6. The van der Waals surface area contributed by atoms with Crippen molar-refractivity contribution in [2.75, 3.05) is 24.6 Å². The minimum atomic E-state index is -0.108. The Kier molecular flexibility index (Phi) is 6.51. The minimum absolute atomic E-state index is 0.108. The standard InChI is InChI=1S/C28H45NO2S/c1-19(4-9-26(31)29-14-16-32-17-15-29)23-7-8-24-22-6-5-20-18-21(30)10-12-27(20,2)25(22)11-13-28(23,24)3/h5,19,21-25,30H,4,6-18H2,1-3H3/t19?,21-,22-,23+,24-,25-,27-,28+/m0/s1. The summed E-state index contributed by atoms with van der Waals surface area (Å²) < 4.78 is 0. The highest BCUT2D eigenvalue weighted by atomic mass is 32.2. The number of allylic oxidation sites excluding steroid dienone is 1. The number of rotatable bonds is 4. The molecular formula is C28H45NO2S. The number of hydrogen-bond acceptors (Lipinski definition) is 3. The number of nitrogens with zero attached hydrogens (tertiary/aromatic N) is 1. The third kappa shape index (κ3) is 3.89. The molecule has 1 heterocycles. The first kappa shape index (κ1) is 23.3. The smallest absolute Gasteiger partial charge is 0.222 e. The van der Waals surface area contributed by atoms with Crippen molar-refractivity contribution in [2.45, 2.75) is 91.1 Å².